The van der Waals surface area contributed by atoms with Gasteiger partial charge in [0, 0.05) is 0 Å². The van der Waals surface area contributed by atoms with Crippen molar-refractivity contribution < 1.29 is 29.2 Å². The highest BCUT2D eigenvalue weighted by molar-refractivity contribution is 6.60. The highest BCUT2D eigenvalue weighted by atomic mass is 16.5. The third-order valence-electron chi connectivity index (χ3n) is 4.60. The lowest BCUT2D eigenvalue weighted by Crippen LogP contribution is -2.59. The van der Waals surface area contributed by atoms with Gasteiger partial charge in [0.25, 0.3) is 5.91 Å². The molecule has 3 N–H and O–H groups in total. The summed E-state index contributed by atoms with van der Waals surface area (Å²) in [5.74, 6) is -0.779. The molecule has 0 aromatic heterocycles. The van der Waals surface area contributed by atoms with E-state index in [1.165, 1.54) is 23.1 Å². The molecular weight excluding hydrogens is 363 g/mol. The van der Waals surface area contributed by atoms with Crippen LogP contribution in [0.3, 0.4) is 0 Å². The summed E-state index contributed by atoms with van der Waals surface area (Å²) in [6, 6.07) is 11.2. The third-order valence-corrected chi connectivity index (χ3v) is 4.60. The molecule has 0 atom stereocenters. The number of hydrogen-bond acceptors (Lipinski definition) is 6. The third kappa shape index (κ3) is 3.37. The lowest BCUT2D eigenvalue weighted by atomic mass is 9.77. The van der Waals surface area contributed by atoms with Crippen molar-refractivity contribution in [2.24, 2.45) is 0 Å². The number of rotatable bonds is 5. The van der Waals surface area contributed by atoms with Gasteiger partial charge in [0.2, 0.25) is 5.91 Å². The maximum Gasteiger partial charge on any atom is 0.489 e. The van der Waals surface area contributed by atoms with Crippen molar-refractivity contribution in [3.63, 3.8) is 0 Å². The lowest BCUT2D eigenvalue weighted by molar-refractivity contribution is -0.127. The Morgan fingerprint density at radius 2 is 1.93 bits per heavy atom. The fourth-order valence-electron chi connectivity index (χ4n) is 3.14. The molecule has 0 unspecified atom stereocenters. The second-order valence-electron chi connectivity index (χ2n) is 6.80. The van der Waals surface area contributed by atoms with Crippen LogP contribution in [0.2, 0.25) is 0 Å². The van der Waals surface area contributed by atoms with Crippen molar-refractivity contribution >= 4 is 42.1 Å². The second kappa shape index (κ2) is 7.45. The van der Waals surface area contributed by atoms with E-state index in [1.54, 1.807) is 38.1 Å². The first-order chi connectivity index (χ1) is 13.3. The number of benzene rings is 2. The van der Waals surface area contributed by atoms with Crippen LogP contribution in [-0.4, -0.2) is 47.4 Å². The van der Waals surface area contributed by atoms with E-state index in [4.69, 9.17) is 4.74 Å². The van der Waals surface area contributed by atoms with E-state index >= 15 is 0 Å². The molecule has 2 aromatic carbocycles. The summed E-state index contributed by atoms with van der Waals surface area (Å²) in [7, 11) is -1.85. The second-order valence-corrected chi connectivity index (χ2v) is 6.80. The van der Waals surface area contributed by atoms with Crippen LogP contribution < -0.4 is 20.4 Å². The van der Waals surface area contributed by atoms with Crippen LogP contribution in [0.1, 0.15) is 24.2 Å². The van der Waals surface area contributed by atoms with Crippen LogP contribution in [0, 0.1) is 0 Å². The minimum Gasteiger partial charge on any atom is -0.483 e. The number of aldehydes is 1. The number of nitrogens with one attached hydrogen (secondary N) is 1. The average molecular weight is 382 g/mol. The number of para-hydroxylation sites is 2. The Bertz CT molecular complexity index is 944. The molecule has 8 nitrogen and oxygen atoms in total. The number of anilines is 2. The first kappa shape index (κ1) is 19.6. The molecule has 1 heterocycles. The monoisotopic (exact) mass is 382 g/mol. The summed E-state index contributed by atoms with van der Waals surface area (Å²) < 4.78 is 5.50. The van der Waals surface area contributed by atoms with Crippen LogP contribution in [0.5, 0.6) is 5.75 Å². The molecule has 0 spiro atoms. The van der Waals surface area contributed by atoms with Crippen LogP contribution in [0.25, 0.3) is 0 Å². The Hall–Kier alpha value is -3.17. The van der Waals surface area contributed by atoms with Crippen LogP contribution in [0.15, 0.2) is 42.5 Å². The Labute approximate surface area is 161 Å². The number of amides is 2. The Morgan fingerprint density at radius 3 is 2.61 bits per heavy atom. The smallest absolute Gasteiger partial charge is 0.483 e. The molecule has 1 aliphatic rings. The summed E-state index contributed by atoms with van der Waals surface area (Å²) in [5.41, 5.74) is -0.176. The minimum atomic E-state index is -1.85. The van der Waals surface area contributed by atoms with Crippen molar-refractivity contribution in [2.45, 2.75) is 19.4 Å². The minimum absolute atomic E-state index is 0.0250. The zero-order valence-corrected chi connectivity index (χ0v) is 15.4. The molecule has 28 heavy (non-hydrogen) atoms. The van der Waals surface area contributed by atoms with E-state index in [9.17, 15) is 24.4 Å². The van der Waals surface area contributed by atoms with Gasteiger partial charge in [-0.25, -0.2) is 0 Å². The summed E-state index contributed by atoms with van der Waals surface area (Å²) in [6.45, 7) is 2.79. The van der Waals surface area contributed by atoms with Gasteiger partial charge in [-0.3, -0.25) is 19.3 Å². The number of nitrogens with zero attached hydrogens (tertiary/aromatic N) is 1. The number of carbonyl (C=O) groups is 3. The highest BCUT2D eigenvalue weighted by Crippen LogP contribution is 2.36. The summed E-state index contributed by atoms with van der Waals surface area (Å²) in [6.07, 6.45) is 0.433. The van der Waals surface area contributed by atoms with Gasteiger partial charge in [0.05, 0.1) is 16.9 Å². The highest BCUT2D eigenvalue weighted by Gasteiger charge is 2.43. The lowest BCUT2D eigenvalue weighted by Gasteiger charge is -2.41. The molecule has 0 aliphatic carbocycles. The largest absolute Gasteiger partial charge is 0.489 e. The van der Waals surface area contributed by atoms with Gasteiger partial charge in [0.15, 0.2) is 12.9 Å². The molecule has 0 radical (unpaired) electrons. The summed E-state index contributed by atoms with van der Waals surface area (Å²) in [4.78, 5) is 38.1. The van der Waals surface area contributed by atoms with Gasteiger partial charge >= 0.3 is 7.12 Å². The molecule has 9 heteroatoms. The van der Waals surface area contributed by atoms with Crippen molar-refractivity contribution in [2.75, 3.05) is 16.8 Å². The summed E-state index contributed by atoms with van der Waals surface area (Å²) in [5, 5.41) is 21.5. The molecule has 1 aliphatic heterocycles. The molecule has 3 rings (SSSR count). The topological polar surface area (TPSA) is 116 Å². The zero-order valence-electron chi connectivity index (χ0n) is 15.4. The van der Waals surface area contributed by atoms with Gasteiger partial charge in [0.1, 0.15) is 11.3 Å². The SMILES string of the molecule is CC1(C)C(=O)Nc2ccccc2N1C(=O)COc1cccc(B(O)O)c1C=O. The van der Waals surface area contributed by atoms with Gasteiger partial charge in [-0.15, -0.1) is 0 Å². The molecule has 144 valence electrons. The van der Waals surface area contributed by atoms with Crippen molar-refractivity contribution in [3.8, 4) is 5.75 Å². The van der Waals surface area contributed by atoms with Gasteiger partial charge in [-0.1, -0.05) is 24.3 Å². The van der Waals surface area contributed by atoms with Crippen molar-refractivity contribution in [3.05, 3.63) is 48.0 Å². The first-order valence-electron chi connectivity index (χ1n) is 8.58. The van der Waals surface area contributed by atoms with Gasteiger partial charge in [-0.2, -0.15) is 0 Å². The van der Waals surface area contributed by atoms with Crippen LogP contribution >= 0.6 is 0 Å². The number of hydrogen-bond donors (Lipinski definition) is 3. The van der Waals surface area contributed by atoms with E-state index in [1.807, 2.05) is 0 Å². The van der Waals surface area contributed by atoms with Crippen molar-refractivity contribution in [1.29, 1.82) is 0 Å². The van der Waals surface area contributed by atoms with E-state index in [0.717, 1.165) is 0 Å². The number of carbonyl (C=O) groups excluding carboxylic acids is 3. The van der Waals surface area contributed by atoms with Gasteiger partial charge in [-0.05, 0) is 37.5 Å². The maximum absolute atomic E-state index is 12.9. The molecule has 0 bridgehead atoms. The standard InChI is InChI=1S/C19H19BN2O6/c1-19(2)18(25)21-14-7-3-4-8-15(14)22(19)17(24)11-28-16-9-5-6-13(20(26)27)12(16)10-23/h3-10,26-27H,11H2,1-2H3,(H,21,25). The Morgan fingerprint density at radius 1 is 1.21 bits per heavy atom. The molecule has 0 saturated carbocycles. The average Bonchev–Trinajstić information content (AvgIpc) is 2.66. The van der Waals surface area contributed by atoms with Crippen LogP contribution in [0.4, 0.5) is 11.4 Å². The Kier molecular flexibility index (Phi) is 5.22. The fraction of sp³-hybridized carbons (Fsp3) is 0.211. The predicted octanol–water partition coefficient (Wildman–Crippen LogP) is 0.322. The predicted molar refractivity (Wildman–Crippen MR) is 104 cm³/mol. The first-order valence-corrected chi connectivity index (χ1v) is 8.58. The van der Waals surface area contributed by atoms with E-state index in [0.29, 0.717) is 17.7 Å². The van der Waals surface area contributed by atoms with Crippen molar-refractivity contribution in [1.82, 2.24) is 0 Å². The molecule has 0 saturated heterocycles. The van der Waals surface area contributed by atoms with Crippen LogP contribution in [-0.2, 0) is 9.59 Å². The molecular formula is C19H19BN2O6. The fourth-order valence-corrected chi connectivity index (χ4v) is 3.14. The zero-order chi connectivity index (χ0) is 20.5. The molecule has 0 fully saturated rings. The Balaban J connectivity index is 1.89. The quantitative estimate of drug-likeness (QED) is 0.507. The normalized spacial score (nSPS) is 14.7. The van der Waals surface area contributed by atoms with Gasteiger partial charge < -0.3 is 20.1 Å². The number of fused-ring (bicyclic) bond motifs is 1. The van der Waals surface area contributed by atoms with E-state index in [-0.39, 0.29) is 22.7 Å². The number of ether oxygens (including phenoxy) is 1. The van der Waals surface area contributed by atoms with E-state index < -0.39 is 25.2 Å². The molecule has 2 aromatic rings. The summed E-state index contributed by atoms with van der Waals surface area (Å²) >= 11 is 0. The maximum atomic E-state index is 12.9. The molecule has 2 amide bonds. The van der Waals surface area contributed by atoms with E-state index in [2.05, 4.69) is 5.32 Å².